The van der Waals surface area contributed by atoms with Crippen LogP contribution in [0.25, 0.3) is 0 Å². The predicted octanol–water partition coefficient (Wildman–Crippen LogP) is 4.47. The summed E-state index contributed by atoms with van der Waals surface area (Å²) in [4.78, 5) is 2.69. The largest absolute Gasteiger partial charge is 0.319 e. The van der Waals surface area contributed by atoms with Gasteiger partial charge in [-0.2, -0.15) is 0 Å². The van der Waals surface area contributed by atoms with Gasteiger partial charge in [0.05, 0.1) is 0 Å². The van der Waals surface area contributed by atoms with Crippen LogP contribution in [0.1, 0.15) is 36.8 Å². The average Bonchev–Trinajstić information content (AvgIpc) is 2.64. The molecule has 0 saturated heterocycles. The van der Waals surface area contributed by atoms with Gasteiger partial charge in [0.1, 0.15) is 0 Å². The molecule has 3 rings (SSSR count). The molecular weight excluding hydrogens is 292 g/mol. The molecule has 128 valence electrons. The van der Waals surface area contributed by atoms with Crippen LogP contribution >= 0.6 is 0 Å². The van der Waals surface area contributed by atoms with E-state index in [0.717, 1.165) is 19.0 Å². The fourth-order valence-corrected chi connectivity index (χ4v) is 3.95. The molecule has 1 aliphatic rings. The van der Waals surface area contributed by atoms with Crippen LogP contribution in [0.4, 0.5) is 0 Å². The number of hydrogen-bond donors (Lipinski definition) is 1. The maximum absolute atomic E-state index is 3.35. The molecule has 2 aromatic rings. The first-order valence-electron chi connectivity index (χ1n) is 9.31. The van der Waals surface area contributed by atoms with Crippen LogP contribution in [-0.4, -0.2) is 24.5 Å². The molecule has 2 aromatic carbocycles. The minimum atomic E-state index is 0.707. The van der Waals surface area contributed by atoms with Gasteiger partial charge < -0.3 is 5.32 Å². The summed E-state index contributed by atoms with van der Waals surface area (Å²) in [6.45, 7) is 3.28. The number of nitrogens with zero attached hydrogens (tertiary/aromatic N) is 1. The lowest BCUT2D eigenvalue weighted by Crippen LogP contribution is -2.38. The summed E-state index contributed by atoms with van der Waals surface area (Å²) in [5.41, 5.74) is 2.84. The highest BCUT2D eigenvalue weighted by Crippen LogP contribution is 2.29. The van der Waals surface area contributed by atoms with E-state index in [9.17, 15) is 0 Å². The first-order chi connectivity index (χ1) is 11.8. The van der Waals surface area contributed by atoms with Crippen molar-refractivity contribution in [3.63, 3.8) is 0 Å². The molecule has 1 saturated carbocycles. The van der Waals surface area contributed by atoms with Crippen LogP contribution in [0.3, 0.4) is 0 Å². The van der Waals surface area contributed by atoms with E-state index in [1.165, 1.54) is 43.4 Å². The van der Waals surface area contributed by atoms with Crippen molar-refractivity contribution in [3.8, 4) is 0 Å². The number of nitrogens with one attached hydrogen (secondary N) is 1. The molecular formula is C22H30N2. The summed E-state index contributed by atoms with van der Waals surface area (Å²) in [7, 11) is 2.07. The van der Waals surface area contributed by atoms with Gasteiger partial charge >= 0.3 is 0 Å². The second-order valence-corrected chi connectivity index (χ2v) is 7.11. The smallest absolute Gasteiger partial charge is 0.0240 e. The van der Waals surface area contributed by atoms with Crippen molar-refractivity contribution in [1.29, 1.82) is 0 Å². The summed E-state index contributed by atoms with van der Waals surface area (Å²) >= 11 is 0. The molecule has 0 radical (unpaired) electrons. The zero-order valence-corrected chi connectivity index (χ0v) is 14.8. The molecule has 0 heterocycles. The Labute approximate surface area is 146 Å². The molecule has 1 aliphatic carbocycles. The average molecular weight is 322 g/mol. The van der Waals surface area contributed by atoms with E-state index < -0.39 is 0 Å². The van der Waals surface area contributed by atoms with E-state index >= 15 is 0 Å². The predicted molar refractivity (Wildman–Crippen MR) is 102 cm³/mol. The SMILES string of the molecule is CNCC1CCC(N(Cc2ccccc2)Cc2ccccc2)CC1. The van der Waals surface area contributed by atoms with Gasteiger partial charge in [0, 0.05) is 19.1 Å². The van der Waals surface area contributed by atoms with Gasteiger partial charge in [-0.05, 0) is 56.3 Å². The quantitative estimate of drug-likeness (QED) is 0.809. The summed E-state index contributed by atoms with van der Waals surface area (Å²) in [5, 5.41) is 3.35. The van der Waals surface area contributed by atoms with Crippen molar-refractivity contribution >= 4 is 0 Å². The monoisotopic (exact) mass is 322 g/mol. The highest BCUT2D eigenvalue weighted by Gasteiger charge is 2.25. The molecule has 0 aromatic heterocycles. The number of hydrogen-bond acceptors (Lipinski definition) is 2. The Morgan fingerprint density at radius 1 is 0.792 bits per heavy atom. The number of rotatable bonds is 7. The lowest BCUT2D eigenvalue weighted by molar-refractivity contribution is 0.121. The van der Waals surface area contributed by atoms with E-state index in [1.54, 1.807) is 0 Å². The highest BCUT2D eigenvalue weighted by atomic mass is 15.2. The van der Waals surface area contributed by atoms with Crippen LogP contribution < -0.4 is 5.32 Å². The zero-order valence-electron chi connectivity index (χ0n) is 14.8. The minimum Gasteiger partial charge on any atom is -0.319 e. The van der Waals surface area contributed by atoms with E-state index in [2.05, 4.69) is 77.9 Å². The second kappa shape index (κ2) is 9.00. The van der Waals surface area contributed by atoms with Crippen LogP contribution in [0, 0.1) is 5.92 Å². The Kier molecular flexibility index (Phi) is 6.45. The standard InChI is InChI=1S/C22H30N2/c1-23-16-19-12-14-22(15-13-19)24(17-20-8-4-2-5-9-20)18-21-10-6-3-7-11-21/h2-11,19,22-23H,12-18H2,1H3. The van der Waals surface area contributed by atoms with Gasteiger partial charge in [-0.25, -0.2) is 0 Å². The van der Waals surface area contributed by atoms with Crippen molar-refractivity contribution in [2.24, 2.45) is 5.92 Å². The summed E-state index contributed by atoms with van der Waals surface area (Å²) in [6.07, 6.45) is 5.36. The lowest BCUT2D eigenvalue weighted by atomic mass is 9.85. The van der Waals surface area contributed by atoms with Gasteiger partial charge in [-0.15, -0.1) is 0 Å². The highest BCUT2D eigenvalue weighted by molar-refractivity contribution is 5.17. The fourth-order valence-electron chi connectivity index (χ4n) is 3.95. The van der Waals surface area contributed by atoms with Crippen molar-refractivity contribution in [2.75, 3.05) is 13.6 Å². The van der Waals surface area contributed by atoms with Crippen molar-refractivity contribution in [1.82, 2.24) is 10.2 Å². The zero-order chi connectivity index (χ0) is 16.6. The molecule has 0 atom stereocenters. The first-order valence-corrected chi connectivity index (χ1v) is 9.31. The molecule has 24 heavy (non-hydrogen) atoms. The summed E-state index contributed by atoms with van der Waals surface area (Å²) in [6, 6.07) is 22.5. The van der Waals surface area contributed by atoms with E-state index in [-0.39, 0.29) is 0 Å². The Balaban J connectivity index is 1.67. The molecule has 1 fully saturated rings. The molecule has 0 unspecified atom stereocenters. The van der Waals surface area contributed by atoms with Crippen LogP contribution in [0.15, 0.2) is 60.7 Å². The van der Waals surface area contributed by atoms with Gasteiger partial charge in [0.15, 0.2) is 0 Å². The summed E-state index contributed by atoms with van der Waals surface area (Å²) < 4.78 is 0. The Hall–Kier alpha value is -1.64. The van der Waals surface area contributed by atoms with Gasteiger partial charge in [0.2, 0.25) is 0 Å². The molecule has 2 heteroatoms. The summed E-state index contributed by atoms with van der Waals surface area (Å²) in [5.74, 6) is 0.863. The lowest BCUT2D eigenvalue weighted by Gasteiger charge is -2.37. The maximum Gasteiger partial charge on any atom is 0.0240 e. The molecule has 1 N–H and O–H groups in total. The van der Waals surface area contributed by atoms with Crippen LogP contribution in [0.5, 0.6) is 0 Å². The van der Waals surface area contributed by atoms with Gasteiger partial charge in [-0.3, -0.25) is 4.90 Å². The molecule has 0 amide bonds. The third-order valence-corrected chi connectivity index (χ3v) is 5.28. The molecule has 0 aliphatic heterocycles. The van der Waals surface area contributed by atoms with Crippen molar-refractivity contribution < 1.29 is 0 Å². The molecule has 0 bridgehead atoms. The maximum atomic E-state index is 3.35. The Morgan fingerprint density at radius 2 is 1.29 bits per heavy atom. The fraction of sp³-hybridized carbons (Fsp3) is 0.455. The Bertz CT molecular complexity index is 532. The van der Waals surface area contributed by atoms with Gasteiger partial charge in [0.25, 0.3) is 0 Å². The van der Waals surface area contributed by atoms with Crippen molar-refractivity contribution in [2.45, 2.75) is 44.8 Å². The Morgan fingerprint density at radius 3 is 1.75 bits per heavy atom. The van der Waals surface area contributed by atoms with Crippen molar-refractivity contribution in [3.05, 3.63) is 71.8 Å². The topological polar surface area (TPSA) is 15.3 Å². The third-order valence-electron chi connectivity index (χ3n) is 5.28. The normalized spacial score (nSPS) is 21.1. The van der Waals surface area contributed by atoms with E-state index in [1.807, 2.05) is 0 Å². The van der Waals surface area contributed by atoms with Gasteiger partial charge in [-0.1, -0.05) is 60.7 Å². The third kappa shape index (κ3) is 4.93. The second-order valence-electron chi connectivity index (χ2n) is 7.11. The first kappa shape index (κ1) is 17.2. The molecule has 0 spiro atoms. The minimum absolute atomic E-state index is 0.707. The number of benzene rings is 2. The van der Waals surface area contributed by atoms with E-state index in [0.29, 0.717) is 6.04 Å². The van der Waals surface area contributed by atoms with E-state index in [4.69, 9.17) is 0 Å². The van der Waals surface area contributed by atoms with Crippen LogP contribution in [0.2, 0.25) is 0 Å². The van der Waals surface area contributed by atoms with Crippen LogP contribution in [-0.2, 0) is 13.1 Å². The molecule has 2 nitrogen and oxygen atoms in total.